The van der Waals surface area contributed by atoms with Crippen LogP contribution in [0.5, 0.6) is 0 Å². The largest absolute Gasteiger partial charge is 0.351 e. The lowest BCUT2D eigenvalue weighted by Crippen LogP contribution is -2.26. The number of ketones is 4. The monoisotopic (exact) mass is 728 g/mol. The van der Waals surface area contributed by atoms with E-state index in [1.54, 1.807) is 78.8 Å². The van der Waals surface area contributed by atoms with Gasteiger partial charge in [0, 0.05) is 98.0 Å². The third kappa shape index (κ3) is 11.1. The molecule has 0 saturated carbocycles. The molecule has 0 bridgehead atoms. The fourth-order valence-electron chi connectivity index (χ4n) is 6.03. The zero-order chi connectivity index (χ0) is 38.8. The molecule has 0 spiro atoms. The van der Waals surface area contributed by atoms with Crippen molar-refractivity contribution in [2.75, 3.05) is 17.2 Å². The Balaban J connectivity index is 1.22. The second-order valence-electron chi connectivity index (χ2n) is 13.4. The summed E-state index contributed by atoms with van der Waals surface area (Å²) in [6.07, 6.45) is 9.68. The second kappa shape index (κ2) is 18.1. The minimum absolute atomic E-state index is 0.0360. The van der Waals surface area contributed by atoms with Gasteiger partial charge in [-0.05, 0) is 55.5 Å². The van der Waals surface area contributed by atoms with Gasteiger partial charge in [-0.15, -0.1) is 0 Å². The Kier molecular flexibility index (Phi) is 13.6. The van der Waals surface area contributed by atoms with Crippen LogP contribution in [0, 0.1) is 0 Å². The van der Waals surface area contributed by atoms with Crippen molar-refractivity contribution in [1.29, 1.82) is 0 Å². The Morgan fingerprint density at radius 3 is 1.94 bits per heavy atom. The zero-order valence-electron chi connectivity index (χ0n) is 31.2. The molecule has 0 aromatic carbocycles. The number of carbonyl (C=O) groups is 7. The summed E-state index contributed by atoms with van der Waals surface area (Å²) in [5, 5.41) is 8.20. The van der Waals surface area contributed by atoms with Gasteiger partial charge in [0.15, 0.2) is 17.4 Å². The van der Waals surface area contributed by atoms with E-state index in [4.69, 9.17) is 0 Å². The summed E-state index contributed by atoms with van der Waals surface area (Å²) in [6, 6.07) is 4.96. The highest BCUT2D eigenvalue weighted by Crippen LogP contribution is 2.18. The van der Waals surface area contributed by atoms with Crippen LogP contribution in [0.15, 0.2) is 43.0 Å². The maximum atomic E-state index is 13.2. The lowest BCUT2D eigenvalue weighted by molar-refractivity contribution is -0.119. The minimum atomic E-state index is -0.508. The van der Waals surface area contributed by atoms with Crippen LogP contribution < -0.4 is 16.0 Å². The normalized spacial score (nSPS) is 11.0. The molecule has 53 heavy (non-hydrogen) atoms. The Bertz CT molecular complexity index is 2030. The summed E-state index contributed by atoms with van der Waals surface area (Å²) >= 11 is 0. The zero-order valence-corrected chi connectivity index (χ0v) is 31.2. The van der Waals surface area contributed by atoms with Crippen molar-refractivity contribution in [3.8, 4) is 0 Å². The van der Waals surface area contributed by atoms with Gasteiger partial charge in [-0.2, -0.15) is 0 Å². The van der Waals surface area contributed by atoms with Crippen molar-refractivity contribution < 1.29 is 33.6 Å². The van der Waals surface area contributed by atoms with Gasteiger partial charge in [0.05, 0.1) is 17.1 Å². The number of rotatable bonds is 20. The van der Waals surface area contributed by atoms with Crippen molar-refractivity contribution in [3.05, 3.63) is 77.0 Å². The Hall–Kier alpha value is -5.86. The van der Waals surface area contributed by atoms with Gasteiger partial charge in [-0.3, -0.25) is 28.8 Å². The average Bonchev–Trinajstić information content (AvgIpc) is 3.84. The van der Waals surface area contributed by atoms with Gasteiger partial charge < -0.3 is 39.0 Å². The Morgan fingerprint density at radius 1 is 0.642 bits per heavy atom. The molecule has 15 heteroatoms. The summed E-state index contributed by atoms with van der Waals surface area (Å²) in [5.74, 6) is -0.913. The van der Waals surface area contributed by atoms with E-state index in [1.807, 2.05) is 6.92 Å². The first kappa shape index (κ1) is 39.9. The van der Waals surface area contributed by atoms with Crippen molar-refractivity contribution in [3.63, 3.8) is 0 Å². The summed E-state index contributed by atoms with van der Waals surface area (Å²) in [6.45, 7) is 3.65. The van der Waals surface area contributed by atoms with Gasteiger partial charge in [-0.1, -0.05) is 6.92 Å². The van der Waals surface area contributed by atoms with E-state index in [1.165, 1.54) is 17.6 Å². The van der Waals surface area contributed by atoms with Crippen LogP contribution >= 0.6 is 0 Å². The van der Waals surface area contributed by atoms with Crippen LogP contribution in [0.4, 0.5) is 11.5 Å². The minimum Gasteiger partial charge on any atom is -0.351 e. The number of anilines is 2. The molecule has 0 fully saturated rings. The Morgan fingerprint density at radius 2 is 1.28 bits per heavy atom. The first-order valence-electron chi connectivity index (χ1n) is 17.6. The molecular weight excluding hydrogens is 680 g/mol. The maximum absolute atomic E-state index is 13.2. The van der Waals surface area contributed by atoms with Gasteiger partial charge in [0.25, 0.3) is 11.8 Å². The number of nitrogens with one attached hydrogen (secondary N) is 3. The summed E-state index contributed by atoms with van der Waals surface area (Å²) in [7, 11) is 6.81. The molecular formula is C38H48N8O7. The predicted octanol–water partition coefficient (Wildman–Crippen LogP) is 4.12. The third-order valence-electron chi connectivity index (χ3n) is 8.63. The molecule has 0 aliphatic rings. The molecule has 4 heterocycles. The fraction of sp³-hybridized carbons (Fsp3) is 0.421. The third-order valence-corrected chi connectivity index (χ3v) is 8.63. The first-order chi connectivity index (χ1) is 25.1. The number of hydrogen-bond acceptors (Lipinski definition) is 8. The number of aromatic nitrogens is 5. The van der Waals surface area contributed by atoms with Gasteiger partial charge in [0.1, 0.15) is 17.3 Å². The van der Waals surface area contributed by atoms with E-state index in [2.05, 4.69) is 20.9 Å². The molecule has 282 valence electrons. The topological polar surface area (TPSA) is 188 Å². The van der Waals surface area contributed by atoms with E-state index in [0.29, 0.717) is 66.0 Å². The van der Waals surface area contributed by atoms with E-state index < -0.39 is 5.91 Å². The summed E-state index contributed by atoms with van der Waals surface area (Å²) in [5.41, 5.74) is 3.06. The van der Waals surface area contributed by atoms with Crippen LogP contribution in [0.25, 0.3) is 0 Å². The van der Waals surface area contributed by atoms with Crippen LogP contribution in [-0.2, 0) is 55.4 Å². The number of amides is 3. The van der Waals surface area contributed by atoms with Crippen LogP contribution in [0.1, 0.15) is 112 Å². The summed E-state index contributed by atoms with van der Waals surface area (Å²) < 4.78 is 6.47. The molecule has 0 saturated heterocycles. The Labute approximate surface area is 308 Å². The molecule has 0 unspecified atom stereocenters. The molecule has 15 nitrogen and oxygen atoms in total. The van der Waals surface area contributed by atoms with Crippen LogP contribution in [0.3, 0.4) is 0 Å². The smallest absolute Gasteiger partial charge is 0.291 e. The number of hydrogen-bond donors (Lipinski definition) is 3. The molecule has 4 rings (SSSR count). The van der Waals surface area contributed by atoms with Crippen molar-refractivity contribution in [1.82, 2.24) is 28.6 Å². The van der Waals surface area contributed by atoms with E-state index >= 15 is 0 Å². The van der Waals surface area contributed by atoms with Crippen molar-refractivity contribution in [2.24, 2.45) is 28.2 Å². The lowest BCUT2D eigenvalue weighted by Gasteiger charge is -2.05. The van der Waals surface area contributed by atoms with Crippen LogP contribution in [0.2, 0.25) is 0 Å². The SMILES string of the molecule is CCCC(=O)Nc1cn(C)c(C(=O)Nc2cc(C(=O)NCCCC(=O)Cc3cc(C(=O)Cc4cc(C(=O)CCCC(C)=O)n(C)c4)n(C)c3)n(C)c2)n1. The first-order valence-corrected chi connectivity index (χ1v) is 17.6. The standard InChI is InChI=1S/C38H48N8O7/c1-7-10-35(51)41-34-23-46(6)36(42-34)38(53)40-27-19-31(45(5)22-27)37(52)39-14-9-12-28(48)15-25-16-30(44(4)20-25)33(50)18-26-17-29(43(3)21-26)32(49)13-8-11-24(2)47/h16-17,19-23H,7-15,18H2,1-6H3,(H,39,52)(H,40,53)(H,41,51). The average molecular weight is 729 g/mol. The fourth-order valence-corrected chi connectivity index (χ4v) is 6.03. The van der Waals surface area contributed by atoms with Crippen molar-refractivity contribution >= 4 is 52.4 Å². The number of imidazole rings is 1. The molecule has 3 N–H and O–H groups in total. The molecule has 0 radical (unpaired) electrons. The second-order valence-corrected chi connectivity index (χ2v) is 13.4. The maximum Gasteiger partial charge on any atom is 0.291 e. The van der Waals surface area contributed by atoms with E-state index in [-0.39, 0.29) is 78.8 Å². The van der Waals surface area contributed by atoms with E-state index in [9.17, 15) is 33.6 Å². The predicted molar refractivity (Wildman–Crippen MR) is 198 cm³/mol. The van der Waals surface area contributed by atoms with Crippen molar-refractivity contribution in [2.45, 2.75) is 71.6 Å². The highest BCUT2D eigenvalue weighted by Gasteiger charge is 2.20. The number of carbonyl (C=O) groups excluding carboxylic acids is 7. The van der Waals surface area contributed by atoms with Gasteiger partial charge in [0.2, 0.25) is 11.7 Å². The molecule has 3 amide bonds. The summed E-state index contributed by atoms with van der Waals surface area (Å²) in [4.78, 5) is 91.6. The van der Waals surface area contributed by atoms with Gasteiger partial charge in [-0.25, -0.2) is 4.98 Å². The molecule has 4 aromatic heterocycles. The molecule has 0 atom stereocenters. The highest BCUT2D eigenvalue weighted by atomic mass is 16.2. The van der Waals surface area contributed by atoms with Gasteiger partial charge >= 0.3 is 0 Å². The number of nitrogens with zero attached hydrogens (tertiary/aromatic N) is 5. The van der Waals surface area contributed by atoms with Crippen LogP contribution in [-0.4, -0.2) is 70.7 Å². The van der Waals surface area contributed by atoms with E-state index in [0.717, 1.165) is 0 Å². The quantitative estimate of drug-likeness (QED) is 0.0896. The molecule has 0 aliphatic carbocycles. The number of aryl methyl sites for hydroxylation is 4. The highest BCUT2D eigenvalue weighted by molar-refractivity contribution is 6.04. The molecule has 4 aromatic rings. The molecule has 0 aliphatic heterocycles. The number of Topliss-reactive ketones (excluding diaryl/α,β-unsaturated/α-hetero) is 4. The lowest BCUT2D eigenvalue weighted by atomic mass is 10.1.